The van der Waals surface area contributed by atoms with Crippen molar-refractivity contribution in [2.75, 3.05) is 34.7 Å². The second-order valence-electron chi connectivity index (χ2n) is 23.3. The molecule has 13 atom stereocenters. The molecular formula is C57H97N9O11. The average Bonchev–Trinajstić information content (AvgIpc) is 3.87. The molecule has 20 heteroatoms. The standard InChI is InChI=1S/C57H97N9O11/c1-21-24-25-27-40-37(14)57(76)77-47(34(10)11)56(75)62(17)39(16)48(67)60-43(35(12)22-2)54(73)65(20)46(33(8)9)51(70)61-44(36(13)23-3)55(74)66-29-26-28-41(66)53(72)63(18)42(30-31(4)5)49(68)58-38(15)52(71)64(19)45(32(6)7)50(69)59-40/h1,31-47H,22-30H2,2-20H3,(H,58,68)(H,59,69)(H,60,67)(H,61,70)/t35-,36-,37+,38+,39-,40-,41+,42+,43+,44+,45+,46+,47+/m1/s1. The number of terminal acetylenes is 1. The summed E-state index contributed by atoms with van der Waals surface area (Å²) in [5.74, 6) is -7.05. The highest BCUT2D eigenvalue weighted by molar-refractivity contribution is 5.99. The Morgan fingerprint density at radius 1 is 0.597 bits per heavy atom. The van der Waals surface area contributed by atoms with Gasteiger partial charge in [0.1, 0.15) is 48.3 Å². The van der Waals surface area contributed by atoms with Gasteiger partial charge in [0, 0.05) is 47.2 Å². The largest absolute Gasteiger partial charge is 0.452 e. The number of fused-ring (bicyclic) bond motifs is 1. The SMILES string of the molecule is C#CCCC[C@H]1NC(=O)[C@H](C(C)C)N(C)C(=O)[C@H](C)NC(=O)[C@H](CC(C)C)N(C)C(=O)[C@@H]2CCCN2C(=O)[C@H]([C@H](C)CC)NC(=O)[C@H](C(C)C)N(C)C(=O)[C@H]([C@H](C)CC)NC(=O)[C@@H](C)N(C)C(=O)[C@H](C(C)C)OC(=O)[C@H]1C. The van der Waals surface area contributed by atoms with Gasteiger partial charge in [-0.15, -0.1) is 12.3 Å². The number of carbonyl (C=O) groups is 10. The van der Waals surface area contributed by atoms with E-state index in [1.165, 1.54) is 61.6 Å². The van der Waals surface area contributed by atoms with E-state index in [1.54, 1.807) is 55.4 Å². The van der Waals surface area contributed by atoms with Crippen molar-refractivity contribution in [3.05, 3.63) is 0 Å². The fraction of sp³-hybridized carbons (Fsp3) is 0.789. The Morgan fingerprint density at radius 3 is 1.60 bits per heavy atom. The lowest BCUT2D eigenvalue weighted by atomic mass is 9.93. The Bertz CT molecular complexity index is 2130. The number of nitrogens with one attached hydrogen (secondary N) is 4. The molecule has 436 valence electrons. The monoisotopic (exact) mass is 1080 g/mol. The van der Waals surface area contributed by atoms with Crippen LogP contribution < -0.4 is 21.3 Å². The van der Waals surface area contributed by atoms with E-state index in [0.29, 0.717) is 38.5 Å². The second-order valence-corrected chi connectivity index (χ2v) is 23.3. The Labute approximate surface area is 460 Å². The molecule has 4 N–H and O–H groups in total. The van der Waals surface area contributed by atoms with Gasteiger partial charge in [-0.2, -0.15) is 0 Å². The lowest BCUT2D eigenvalue weighted by molar-refractivity contribution is -0.168. The summed E-state index contributed by atoms with van der Waals surface area (Å²) in [5, 5.41) is 11.6. The number of nitrogens with zero attached hydrogens (tertiary/aromatic N) is 5. The van der Waals surface area contributed by atoms with Crippen LogP contribution in [0.4, 0.5) is 0 Å². The van der Waals surface area contributed by atoms with E-state index < -0.39 is 155 Å². The first-order valence-corrected chi connectivity index (χ1v) is 28.0. The molecule has 0 saturated carbocycles. The van der Waals surface area contributed by atoms with Gasteiger partial charge in [-0.05, 0) is 88.4 Å². The third-order valence-electron chi connectivity index (χ3n) is 15.8. The number of cyclic esters (lactones) is 1. The first kappa shape index (κ1) is 67.4. The Kier molecular flexibility index (Phi) is 26.6. The van der Waals surface area contributed by atoms with E-state index in [4.69, 9.17) is 11.2 Å². The summed E-state index contributed by atoms with van der Waals surface area (Å²) in [6, 6.07) is -9.72. The van der Waals surface area contributed by atoms with Crippen molar-refractivity contribution in [1.29, 1.82) is 0 Å². The molecule has 9 amide bonds. The van der Waals surface area contributed by atoms with E-state index in [0.717, 1.165) is 4.90 Å². The molecule has 0 bridgehead atoms. The van der Waals surface area contributed by atoms with Crippen molar-refractivity contribution in [1.82, 2.24) is 45.8 Å². The van der Waals surface area contributed by atoms with Crippen LogP contribution in [0.5, 0.6) is 0 Å². The number of likely N-dealkylation sites (N-methyl/N-ethyl adjacent to an activating group) is 4. The van der Waals surface area contributed by atoms with Gasteiger partial charge in [0.25, 0.3) is 5.91 Å². The van der Waals surface area contributed by atoms with Crippen molar-refractivity contribution in [2.45, 2.75) is 216 Å². The van der Waals surface area contributed by atoms with Gasteiger partial charge in [-0.1, -0.05) is 95.9 Å². The van der Waals surface area contributed by atoms with E-state index in [9.17, 15) is 47.9 Å². The Hall–Kier alpha value is -5.74. The first-order chi connectivity index (χ1) is 35.8. The summed E-state index contributed by atoms with van der Waals surface area (Å²) < 4.78 is 5.95. The summed E-state index contributed by atoms with van der Waals surface area (Å²) in [7, 11) is 5.81. The first-order valence-electron chi connectivity index (χ1n) is 28.0. The van der Waals surface area contributed by atoms with Crippen molar-refractivity contribution in [2.24, 2.45) is 41.4 Å². The van der Waals surface area contributed by atoms with Gasteiger partial charge < -0.3 is 50.5 Å². The molecule has 2 saturated heterocycles. The highest BCUT2D eigenvalue weighted by Gasteiger charge is 2.45. The fourth-order valence-corrected chi connectivity index (χ4v) is 10.2. The Morgan fingerprint density at radius 2 is 1.10 bits per heavy atom. The highest BCUT2D eigenvalue weighted by Crippen LogP contribution is 2.27. The molecule has 2 heterocycles. The van der Waals surface area contributed by atoms with Crippen molar-refractivity contribution in [3.8, 4) is 12.3 Å². The number of ether oxygens (including phenoxy) is 1. The molecule has 0 aromatic rings. The maximum atomic E-state index is 14.8. The maximum absolute atomic E-state index is 14.8. The lowest BCUT2D eigenvalue weighted by Gasteiger charge is -2.38. The molecule has 2 aliphatic rings. The summed E-state index contributed by atoms with van der Waals surface area (Å²) in [5.41, 5.74) is 0. The number of unbranched alkanes of at least 4 members (excludes halogenated alkanes) is 1. The van der Waals surface area contributed by atoms with Crippen LogP contribution >= 0.6 is 0 Å². The molecule has 0 aromatic carbocycles. The molecule has 2 aliphatic heterocycles. The van der Waals surface area contributed by atoms with Crippen LogP contribution in [0.2, 0.25) is 0 Å². The molecular weight excluding hydrogens is 987 g/mol. The number of amides is 9. The minimum atomic E-state index is -1.37. The molecule has 77 heavy (non-hydrogen) atoms. The molecule has 20 nitrogen and oxygen atoms in total. The van der Waals surface area contributed by atoms with E-state index >= 15 is 0 Å². The number of hydrogen-bond donors (Lipinski definition) is 4. The molecule has 0 radical (unpaired) electrons. The normalized spacial score (nSPS) is 29.2. The number of rotatable bonds is 12. The zero-order valence-corrected chi connectivity index (χ0v) is 50.0. The minimum absolute atomic E-state index is 0.0900. The van der Waals surface area contributed by atoms with Crippen molar-refractivity contribution < 1.29 is 52.7 Å². The second kappa shape index (κ2) is 30.4. The van der Waals surface area contributed by atoms with Crippen LogP contribution in [0, 0.1) is 53.8 Å². The average molecular weight is 1080 g/mol. The molecule has 0 aromatic heterocycles. The predicted molar refractivity (Wildman–Crippen MR) is 295 cm³/mol. The zero-order chi connectivity index (χ0) is 59.1. The van der Waals surface area contributed by atoms with Crippen LogP contribution in [0.1, 0.15) is 155 Å². The summed E-state index contributed by atoms with van der Waals surface area (Å²) >= 11 is 0. The van der Waals surface area contributed by atoms with E-state index in [1.807, 2.05) is 34.6 Å². The smallest absolute Gasteiger partial charge is 0.311 e. The van der Waals surface area contributed by atoms with Crippen LogP contribution in [0.15, 0.2) is 0 Å². The number of hydrogen-bond acceptors (Lipinski definition) is 11. The van der Waals surface area contributed by atoms with Crippen LogP contribution in [-0.2, 0) is 52.7 Å². The quantitative estimate of drug-likeness (QED) is 0.125. The van der Waals surface area contributed by atoms with Gasteiger partial charge in [-0.25, -0.2) is 0 Å². The third-order valence-corrected chi connectivity index (χ3v) is 15.8. The van der Waals surface area contributed by atoms with Gasteiger partial charge in [0.15, 0.2) is 6.10 Å². The summed E-state index contributed by atoms with van der Waals surface area (Å²) in [6.45, 7) is 26.3. The fourth-order valence-electron chi connectivity index (χ4n) is 10.2. The zero-order valence-electron chi connectivity index (χ0n) is 50.0. The van der Waals surface area contributed by atoms with Gasteiger partial charge in [0.05, 0.1) is 5.92 Å². The van der Waals surface area contributed by atoms with E-state index in [2.05, 4.69) is 27.2 Å². The maximum Gasteiger partial charge on any atom is 0.311 e. The topological polar surface area (TPSA) is 244 Å². The van der Waals surface area contributed by atoms with Gasteiger partial charge in [-0.3, -0.25) is 47.9 Å². The summed E-state index contributed by atoms with van der Waals surface area (Å²) in [6.07, 6.45) is 7.10. The van der Waals surface area contributed by atoms with Crippen LogP contribution in [0.25, 0.3) is 0 Å². The highest BCUT2D eigenvalue weighted by atomic mass is 16.5. The molecule has 0 aliphatic carbocycles. The molecule has 2 rings (SSSR count). The van der Waals surface area contributed by atoms with Crippen LogP contribution in [0.3, 0.4) is 0 Å². The van der Waals surface area contributed by atoms with Crippen LogP contribution in [-0.4, -0.2) is 179 Å². The number of esters is 1. The lowest BCUT2D eigenvalue weighted by Crippen LogP contribution is -2.62. The van der Waals surface area contributed by atoms with E-state index in [-0.39, 0.29) is 25.3 Å². The van der Waals surface area contributed by atoms with Gasteiger partial charge in [0.2, 0.25) is 47.3 Å². The van der Waals surface area contributed by atoms with Crippen molar-refractivity contribution >= 4 is 59.1 Å². The molecule has 2 fully saturated rings. The molecule has 0 spiro atoms. The predicted octanol–water partition coefficient (Wildman–Crippen LogP) is 3.74. The van der Waals surface area contributed by atoms with Crippen molar-refractivity contribution in [3.63, 3.8) is 0 Å². The number of carbonyl (C=O) groups excluding carboxylic acids is 10. The van der Waals surface area contributed by atoms with Gasteiger partial charge >= 0.3 is 5.97 Å². The summed E-state index contributed by atoms with van der Waals surface area (Å²) in [4.78, 5) is 151. The molecule has 0 unspecified atom stereocenters. The third kappa shape index (κ3) is 17.4. The minimum Gasteiger partial charge on any atom is -0.452 e. The Balaban J connectivity index is 2.87.